The molecule has 0 aromatic rings. The van der Waals surface area contributed by atoms with Crippen molar-refractivity contribution in [1.29, 1.82) is 0 Å². The van der Waals surface area contributed by atoms with E-state index in [9.17, 15) is 19.3 Å². The van der Waals surface area contributed by atoms with E-state index in [1.165, 1.54) is 103 Å². The van der Waals surface area contributed by atoms with Crippen molar-refractivity contribution in [2.45, 2.75) is 213 Å². The van der Waals surface area contributed by atoms with Crippen molar-refractivity contribution in [3.63, 3.8) is 0 Å². The van der Waals surface area contributed by atoms with Crippen molar-refractivity contribution in [2.24, 2.45) is 5.92 Å². The van der Waals surface area contributed by atoms with E-state index in [1.807, 2.05) is 12.2 Å². The second kappa shape index (κ2) is 43.1. The number of allylic oxidation sites excluding steroid dienone is 11. The first-order valence-corrected chi connectivity index (χ1v) is 25.3. The van der Waals surface area contributed by atoms with Gasteiger partial charge in [0.25, 0.3) is 0 Å². The molecule has 3 atom stereocenters. The fourth-order valence-electron chi connectivity index (χ4n) is 6.46. The van der Waals surface area contributed by atoms with E-state index in [0.717, 1.165) is 57.3 Å². The number of unbranched alkanes of at least 4 members (excludes halogenated alkanes) is 17. The number of aliphatic hydroxyl groups is 1. The minimum absolute atomic E-state index is 0.0883. The number of hydrogen-bond donors (Lipinski definition) is 3. The number of hydrogen-bond acceptors (Lipinski definition) is 7. The molecule has 0 aliphatic heterocycles. The Balaban J connectivity index is 4.04. The van der Waals surface area contributed by atoms with Crippen LogP contribution >= 0.6 is 7.82 Å². The summed E-state index contributed by atoms with van der Waals surface area (Å²) < 4.78 is 26.3. The molecule has 3 N–H and O–H groups in total. The van der Waals surface area contributed by atoms with Gasteiger partial charge in [0, 0.05) is 12.8 Å². The van der Waals surface area contributed by atoms with Crippen LogP contribution in [0.1, 0.15) is 201 Å². The maximum absolute atomic E-state index is 12.5. The van der Waals surface area contributed by atoms with Crippen LogP contribution < -0.4 is 0 Å². The van der Waals surface area contributed by atoms with E-state index in [2.05, 4.69) is 73.9 Å². The summed E-state index contributed by atoms with van der Waals surface area (Å²) in [6.45, 7) is 5.78. The number of aliphatic hydroxyl groups excluding tert-OH is 1. The standard InChI is InChI=1S/C50H87O9P/c1-4-6-7-8-9-10-11-12-13-19-22-25-28-31-34-37-40-47(51)42-43-50(53)59-48(45-58-60(54,55)56)44-57-49(52)41-38-35-32-29-26-23-20-17-15-14-16-18-21-24-27-30-33-36-39-46(3)5-2/h6-7,9-10,12-13,22,25,31,34,37,40,46-48,51H,4-5,8,11,14-21,23-24,26-30,32-33,35-36,38-39,41-45H2,1-3H3,(H2,54,55,56)/b7-6-,10-9-,13-12-,25-22-,34-31-,40-37-/t46?,47?,48-/m1/s1. The topological polar surface area (TPSA) is 140 Å². The van der Waals surface area contributed by atoms with Gasteiger partial charge in [-0.2, -0.15) is 0 Å². The molecule has 0 radical (unpaired) electrons. The number of ether oxygens (including phenoxy) is 2. The number of esters is 2. The van der Waals surface area contributed by atoms with Crippen molar-refractivity contribution in [2.75, 3.05) is 13.2 Å². The molecule has 0 saturated heterocycles. The molecule has 0 spiro atoms. The summed E-state index contributed by atoms with van der Waals surface area (Å²) in [5.74, 6) is -0.272. The first-order valence-electron chi connectivity index (χ1n) is 23.7. The molecule has 0 aliphatic carbocycles. The van der Waals surface area contributed by atoms with Crippen LogP contribution in [0.25, 0.3) is 0 Å². The Hall–Kier alpha value is -2.55. The molecule has 0 aromatic carbocycles. The first-order chi connectivity index (χ1) is 29.1. The highest BCUT2D eigenvalue weighted by Crippen LogP contribution is 2.36. The summed E-state index contributed by atoms with van der Waals surface area (Å²) in [5, 5.41) is 10.2. The number of rotatable bonds is 42. The number of carbonyl (C=O) groups is 2. The van der Waals surface area contributed by atoms with E-state index in [-0.39, 0.29) is 25.9 Å². The van der Waals surface area contributed by atoms with Gasteiger partial charge >= 0.3 is 19.8 Å². The Kier molecular flexibility index (Phi) is 41.3. The van der Waals surface area contributed by atoms with Gasteiger partial charge in [0.1, 0.15) is 6.61 Å². The van der Waals surface area contributed by atoms with Gasteiger partial charge in [-0.25, -0.2) is 4.57 Å². The van der Waals surface area contributed by atoms with Crippen LogP contribution in [0.4, 0.5) is 0 Å². The molecule has 0 aliphatic rings. The normalized spacial score (nSPS) is 14.2. The molecule has 346 valence electrons. The van der Waals surface area contributed by atoms with Crippen molar-refractivity contribution >= 4 is 19.8 Å². The zero-order chi connectivity index (χ0) is 44.2. The highest BCUT2D eigenvalue weighted by Gasteiger charge is 2.23. The minimum Gasteiger partial charge on any atom is -0.462 e. The Morgan fingerprint density at radius 1 is 0.550 bits per heavy atom. The molecule has 9 nitrogen and oxygen atoms in total. The maximum Gasteiger partial charge on any atom is 0.469 e. The first kappa shape index (κ1) is 57.4. The Morgan fingerprint density at radius 2 is 1.00 bits per heavy atom. The summed E-state index contributed by atoms with van der Waals surface area (Å²) in [6, 6.07) is 0. The predicted molar refractivity (Wildman–Crippen MR) is 249 cm³/mol. The third-order valence-corrected chi connectivity index (χ3v) is 10.9. The molecule has 2 unspecified atom stereocenters. The quantitative estimate of drug-likeness (QED) is 0.0180. The lowest BCUT2D eigenvalue weighted by molar-refractivity contribution is -0.161. The average molecular weight is 863 g/mol. The molecule has 60 heavy (non-hydrogen) atoms. The molecule has 10 heteroatoms. The van der Waals surface area contributed by atoms with E-state index in [4.69, 9.17) is 19.3 Å². The molecule has 0 heterocycles. The predicted octanol–water partition coefficient (Wildman–Crippen LogP) is 13.8. The Morgan fingerprint density at radius 3 is 1.47 bits per heavy atom. The molecule has 0 rings (SSSR count). The molecule has 0 aromatic heterocycles. The number of phosphoric acid groups is 1. The van der Waals surface area contributed by atoms with Gasteiger partial charge < -0.3 is 24.4 Å². The van der Waals surface area contributed by atoms with Crippen molar-refractivity contribution in [3.05, 3.63) is 72.9 Å². The molecular weight excluding hydrogens is 776 g/mol. The van der Waals surface area contributed by atoms with Gasteiger partial charge in [-0.3, -0.25) is 14.1 Å². The summed E-state index contributed by atoms with van der Waals surface area (Å²) >= 11 is 0. The fourth-order valence-corrected chi connectivity index (χ4v) is 6.82. The summed E-state index contributed by atoms with van der Waals surface area (Å²) in [4.78, 5) is 43.0. The fraction of sp³-hybridized carbons (Fsp3) is 0.720. The van der Waals surface area contributed by atoms with Gasteiger partial charge in [0.2, 0.25) is 0 Å². The van der Waals surface area contributed by atoms with Gasteiger partial charge in [0.15, 0.2) is 6.10 Å². The smallest absolute Gasteiger partial charge is 0.462 e. The average Bonchev–Trinajstić information content (AvgIpc) is 3.22. The molecule has 0 bridgehead atoms. The second-order valence-electron chi connectivity index (χ2n) is 16.2. The zero-order valence-electron chi connectivity index (χ0n) is 38.1. The Labute approximate surface area is 366 Å². The Bertz CT molecular complexity index is 1230. The van der Waals surface area contributed by atoms with Gasteiger partial charge in [-0.1, -0.05) is 216 Å². The van der Waals surface area contributed by atoms with E-state index in [1.54, 1.807) is 12.2 Å². The van der Waals surface area contributed by atoms with Crippen molar-refractivity contribution < 1.29 is 43.0 Å². The summed E-state index contributed by atoms with van der Waals surface area (Å²) in [7, 11) is -4.83. The monoisotopic (exact) mass is 863 g/mol. The second-order valence-corrected chi connectivity index (χ2v) is 17.4. The van der Waals surface area contributed by atoms with E-state index >= 15 is 0 Å². The van der Waals surface area contributed by atoms with Crippen LogP contribution in [0.15, 0.2) is 72.9 Å². The lowest BCUT2D eigenvalue weighted by Gasteiger charge is -2.18. The number of phosphoric ester groups is 1. The summed E-state index contributed by atoms with van der Waals surface area (Å²) in [5.41, 5.74) is 0. The third-order valence-electron chi connectivity index (χ3n) is 10.4. The van der Waals surface area contributed by atoms with Crippen LogP contribution in [-0.4, -0.2) is 52.3 Å². The molecule has 0 saturated carbocycles. The SMILES string of the molecule is CC/C=C\C/C=C\C/C=C\C/C=C\C/C=C\C=C/C(O)CCC(=O)O[C@H](COC(=O)CCCCCCCCCCCCCCCCCCCCC(C)CC)COP(=O)(O)O. The van der Waals surface area contributed by atoms with Crippen LogP contribution in [0, 0.1) is 5.92 Å². The van der Waals surface area contributed by atoms with Gasteiger partial charge in [-0.05, 0) is 50.9 Å². The molecular formula is C50H87O9P. The van der Waals surface area contributed by atoms with Crippen LogP contribution in [0.2, 0.25) is 0 Å². The van der Waals surface area contributed by atoms with Crippen LogP contribution in [-0.2, 0) is 28.2 Å². The van der Waals surface area contributed by atoms with E-state index < -0.39 is 38.6 Å². The van der Waals surface area contributed by atoms with Crippen molar-refractivity contribution in [1.82, 2.24) is 0 Å². The zero-order valence-corrected chi connectivity index (χ0v) is 39.0. The van der Waals surface area contributed by atoms with Crippen LogP contribution in [0.3, 0.4) is 0 Å². The van der Waals surface area contributed by atoms with E-state index in [0.29, 0.717) is 6.42 Å². The van der Waals surface area contributed by atoms with Crippen LogP contribution in [0.5, 0.6) is 0 Å². The number of carbonyl (C=O) groups excluding carboxylic acids is 2. The highest BCUT2D eigenvalue weighted by atomic mass is 31.2. The third kappa shape index (κ3) is 45.0. The minimum atomic E-state index is -4.83. The largest absolute Gasteiger partial charge is 0.469 e. The lowest BCUT2D eigenvalue weighted by Crippen LogP contribution is -2.29. The van der Waals surface area contributed by atoms with Crippen molar-refractivity contribution in [3.8, 4) is 0 Å². The highest BCUT2D eigenvalue weighted by molar-refractivity contribution is 7.46. The maximum atomic E-state index is 12.5. The van der Waals surface area contributed by atoms with Gasteiger partial charge in [-0.15, -0.1) is 0 Å². The lowest BCUT2D eigenvalue weighted by atomic mass is 9.99. The molecule has 0 fully saturated rings. The van der Waals surface area contributed by atoms with Gasteiger partial charge in [0.05, 0.1) is 12.7 Å². The molecule has 0 amide bonds. The summed E-state index contributed by atoms with van der Waals surface area (Å²) in [6.07, 6.45) is 52.4.